The standard InChI is InChI=1S/C14H18FNO4S/c1-20-14(17)3-2-7-16-12-6-8-21(18,19)13-5-4-10(15)9-11(12)13/h4-5,9,12,16H,2-3,6-8H2,1H3. The molecule has 116 valence electrons. The maximum absolute atomic E-state index is 13.4. The van der Waals surface area contributed by atoms with E-state index in [1.165, 1.54) is 19.2 Å². The third kappa shape index (κ3) is 3.79. The molecular formula is C14H18FNO4S. The van der Waals surface area contributed by atoms with Crippen molar-refractivity contribution >= 4 is 15.8 Å². The monoisotopic (exact) mass is 315 g/mol. The Morgan fingerprint density at radius 3 is 2.95 bits per heavy atom. The highest BCUT2D eigenvalue weighted by molar-refractivity contribution is 7.91. The largest absolute Gasteiger partial charge is 0.469 e. The predicted octanol–water partition coefficient (Wildman–Crippen LogP) is 1.59. The molecule has 7 heteroatoms. The molecule has 1 atom stereocenters. The second-order valence-electron chi connectivity index (χ2n) is 4.98. The highest BCUT2D eigenvalue weighted by Crippen LogP contribution is 2.32. The van der Waals surface area contributed by atoms with Crippen LogP contribution >= 0.6 is 0 Å². The summed E-state index contributed by atoms with van der Waals surface area (Å²) in [5.74, 6) is -0.693. The molecule has 1 aromatic carbocycles. The third-order valence-corrected chi connectivity index (χ3v) is 5.35. The van der Waals surface area contributed by atoms with E-state index in [1.807, 2.05) is 0 Å². The topological polar surface area (TPSA) is 72.5 Å². The number of halogens is 1. The van der Waals surface area contributed by atoms with Crippen molar-refractivity contribution in [1.82, 2.24) is 5.32 Å². The molecule has 0 fully saturated rings. The Hall–Kier alpha value is -1.47. The highest BCUT2D eigenvalue weighted by atomic mass is 32.2. The van der Waals surface area contributed by atoms with Crippen molar-refractivity contribution in [3.63, 3.8) is 0 Å². The zero-order chi connectivity index (χ0) is 15.5. The Kier molecular flexibility index (Phi) is 4.95. The first kappa shape index (κ1) is 15.9. The number of rotatable bonds is 5. The van der Waals surface area contributed by atoms with Gasteiger partial charge in [0, 0.05) is 12.5 Å². The molecule has 0 saturated carbocycles. The molecule has 0 saturated heterocycles. The molecular weight excluding hydrogens is 297 g/mol. The number of hydrogen-bond donors (Lipinski definition) is 1. The molecule has 1 aliphatic rings. The van der Waals surface area contributed by atoms with Gasteiger partial charge in [0.15, 0.2) is 9.84 Å². The van der Waals surface area contributed by atoms with Crippen LogP contribution in [0.2, 0.25) is 0 Å². The lowest BCUT2D eigenvalue weighted by atomic mass is 10.0. The SMILES string of the molecule is COC(=O)CCCNC1CCS(=O)(=O)c2ccc(F)cc21. The zero-order valence-corrected chi connectivity index (χ0v) is 12.6. The summed E-state index contributed by atoms with van der Waals surface area (Å²) < 4.78 is 41.9. The fourth-order valence-electron chi connectivity index (χ4n) is 2.44. The molecule has 1 unspecified atom stereocenters. The fraction of sp³-hybridized carbons (Fsp3) is 0.500. The quantitative estimate of drug-likeness (QED) is 0.507. The molecule has 2 rings (SSSR count). The summed E-state index contributed by atoms with van der Waals surface area (Å²) >= 11 is 0. The maximum atomic E-state index is 13.4. The van der Waals surface area contributed by atoms with Crippen LogP contribution in [0.25, 0.3) is 0 Å². The van der Waals surface area contributed by atoms with Crippen LogP contribution in [0, 0.1) is 5.82 Å². The first-order chi connectivity index (χ1) is 9.94. The smallest absolute Gasteiger partial charge is 0.305 e. The number of nitrogens with one attached hydrogen (secondary N) is 1. The molecule has 1 aromatic rings. The molecule has 0 amide bonds. The van der Waals surface area contributed by atoms with Gasteiger partial charge >= 0.3 is 5.97 Å². The van der Waals surface area contributed by atoms with Crippen molar-refractivity contribution in [3.05, 3.63) is 29.6 Å². The summed E-state index contributed by atoms with van der Waals surface area (Å²) in [6.45, 7) is 0.537. The molecule has 5 nitrogen and oxygen atoms in total. The van der Waals surface area contributed by atoms with E-state index < -0.39 is 15.7 Å². The number of hydrogen-bond acceptors (Lipinski definition) is 5. The average Bonchev–Trinajstić information content (AvgIpc) is 2.45. The summed E-state index contributed by atoms with van der Waals surface area (Å²) in [6, 6.07) is 3.54. The van der Waals surface area contributed by atoms with Gasteiger partial charge in [-0.15, -0.1) is 0 Å². The van der Waals surface area contributed by atoms with E-state index in [1.54, 1.807) is 0 Å². The minimum Gasteiger partial charge on any atom is -0.469 e. The normalized spacial score (nSPS) is 19.8. The first-order valence-electron chi connectivity index (χ1n) is 6.76. The molecule has 1 heterocycles. The van der Waals surface area contributed by atoms with Crippen LogP contribution < -0.4 is 5.32 Å². The minimum absolute atomic E-state index is 0.0420. The van der Waals surface area contributed by atoms with Crippen LogP contribution in [0.3, 0.4) is 0 Å². The van der Waals surface area contributed by atoms with E-state index in [-0.39, 0.29) is 22.7 Å². The molecule has 0 aromatic heterocycles. The van der Waals surface area contributed by atoms with Gasteiger partial charge in [-0.3, -0.25) is 4.79 Å². The minimum atomic E-state index is -3.32. The number of esters is 1. The lowest BCUT2D eigenvalue weighted by Crippen LogP contribution is -2.30. The Morgan fingerprint density at radius 2 is 2.24 bits per heavy atom. The van der Waals surface area contributed by atoms with E-state index in [9.17, 15) is 17.6 Å². The Morgan fingerprint density at radius 1 is 1.48 bits per heavy atom. The zero-order valence-electron chi connectivity index (χ0n) is 11.8. The van der Waals surface area contributed by atoms with Gasteiger partial charge < -0.3 is 10.1 Å². The molecule has 0 aliphatic carbocycles. The van der Waals surface area contributed by atoms with Crippen LogP contribution in [0.1, 0.15) is 30.9 Å². The van der Waals surface area contributed by atoms with Crippen LogP contribution in [-0.4, -0.2) is 33.8 Å². The van der Waals surface area contributed by atoms with Gasteiger partial charge in [-0.05, 0) is 43.1 Å². The number of fused-ring (bicyclic) bond motifs is 1. The van der Waals surface area contributed by atoms with E-state index in [2.05, 4.69) is 10.1 Å². The summed E-state index contributed by atoms with van der Waals surface area (Å²) in [7, 11) is -1.99. The van der Waals surface area contributed by atoms with Gasteiger partial charge in [-0.1, -0.05) is 0 Å². The maximum Gasteiger partial charge on any atom is 0.305 e. The first-order valence-corrected chi connectivity index (χ1v) is 8.41. The van der Waals surface area contributed by atoms with Crippen molar-refractivity contribution < 1.29 is 22.3 Å². The number of sulfone groups is 1. The number of methoxy groups -OCH3 is 1. The second-order valence-corrected chi connectivity index (χ2v) is 7.05. The van der Waals surface area contributed by atoms with Gasteiger partial charge in [-0.25, -0.2) is 12.8 Å². The Bertz CT molecular complexity index is 630. The van der Waals surface area contributed by atoms with E-state index in [4.69, 9.17) is 0 Å². The van der Waals surface area contributed by atoms with Crippen molar-refractivity contribution in [1.29, 1.82) is 0 Å². The van der Waals surface area contributed by atoms with Crippen LogP contribution in [0.4, 0.5) is 4.39 Å². The van der Waals surface area contributed by atoms with Crippen LogP contribution in [0.15, 0.2) is 23.1 Å². The van der Waals surface area contributed by atoms with Crippen molar-refractivity contribution in [2.75, 3.05) is 19.4 Å². The van der Waals surface area contributed by atoms with Gasteiger partial charge in [-0.2, -0.15) is 0 Å². The third-order valence-electron chi connectivity index (χ3n) is 3.53. The Balaban J connectivity index is 2.06. The molecule has 21 heavy (non-hydrogen) atoms. The summed E-state index contributed by atoms with van der Waals surface area (Å²) in [6.07, 6.45) is 1.28. The second kappa shape index (κ2) is 6.53. The van der Waals surface area contributed by atoms with Crippen molar-refractivity contribution in [2.24, 2.45) is 0 Å². The summed E-state index contributed by atoms with van der Waals surface area (Å²) in [5, 5.41) is 3.18. The fourth-order valence-corrected chi connectivity index (χ4v) is 4.04. The number of carbonyl (C=O) groups excluding carboxylic acids is 1. The highest BCUT2D eigenvalue weighted by Gasteiger charge is 2.30. The molecule has 0 radical (unpaired) electrons. The summed E-state index contributed by atoms with van der Waals surface area (Å²) in [4.78, 5) is 11.2. The van der Waals surface area contributed by atoms with Gasteiger partial charge in [0.25, 0.3) is 0 Å². The molecule has 0 spiro atoms. The lowest BCUT2D eigenvalue weighted by molar-refractivity contribution is -0.140. The van der Waals surface area contributed by atoms with Crippen molar-refractivity contribution in [2.45, 2.75) is 30.2 Å². The van der Waals surface area contributed by atoms with E-state index >= 15 is 0 Å². The molecule has 1 aliphatic heterocycles. The van der Waals surface area contributed by atoms with E-state index in [0.29, 0.717) is 31.4 Å². The average molecular weight is 315 g/mol. The molecule has 1 N–H and O–H groups in total. The van der Waals surface area contributed by atoms with Crippen LogP contribution in [-0.2, 0) is 19.4 Å². The van der Waals surface area contributed by atoms with Gasteiger partial charge in [0.05, 0.1) is 17.8 Å². The van der Waals surface area contributed by atoms with Crippen molar-refractivity contribution in [3.8, 4) is 0 Å². The van der Waals surface area contributed by atoms with E-state index in [0.717, 1.165) is 6.07 Å². The van der Waals surface area contributed by atoms with Gasteiger partial charge in [0.1, 0.15) is 5.82 Å². The summed E-state index contributed by atoms with van der Waals surface area (Å²) in [5.41, 5.74) is 0.472. The van der Waals surface area contributed by atoms with Crippen LogP contribution in [0.5, 0.6) is 0 Å². The lowest BCUT2D eigenvalue weighted by Gasteiger charge is -2.26. The number of carbonyl (C=O) groups is 1. The molecule has 0 bridgehead atoms. The predicted molar refractivity (Wildman–Crippen MR) is 75.1 cm³/mol. The Labute approximate surface area is 123 Å². The number of benzene rings is 1. The number of ether oxygens (including phenoxy) is 1. The van der Waals surface area contributed by atoms with Gasteiger partial charge in [0.2, 0.25) is 0 Å².